The highest BCUT2D eigenvalue weighted by Gasteiger charge is 2.30. The topological polar surface area (TPSA) is 63.3 Å². The van der Waals surface area contributed by atoms with E-state index in [9.17, 15) is 4.79 Å². The summed E-state index contributed by atoms with van der Waals surface area (Å²) in [5, 5.41) is 12.3. The van der Waals surface area contributed by atoms with Gasteiger partial charge in [0.2, 0.25) is 0 Å². The van der Waals surface area contributed by atoms with Crippen molar-refractivity contribution in [3.8, 4) is 0 Å². The van der Waals surface area contributed by atoms with Gasteiger partial charge in [0.05, 0.1) is 6.20 Å². The van der Waals surface area contributed by atoms with Gasteiger partial charge in [-0.3, -0.25) is 0 Å². The van der Waals surface area contributed by atoms with Crippen molar-refractivity contribution in [3.05, 3.63) is 17.5 Å². The van der Waals surface area contributed by atoms with Crippen LogP contribution in [0.3, 0.4) is 0 Å². The molecule has 0 bridgehead atoms. The number of carboxylic acids is 1. The fourth-order valence-electron chi connectivity index (χ4n) is 1.71. The molecular weight excluding hydrogens is 182 g/mol. The van der Waals surface area contributed by atoms with E-state index in [0.717, 1.165) is 5.92 Å². The fourth-order valence-corrected chi connectivity index (χ4v) is 1.71. The Labute approximate surface area is 81.9 Å². The molecule has 1 aliphatic carbocycles. The van der Waals surface area contributed by atoms with E-state index < -0.39 is 5.97 Å². The van der Waals surface area contributed by atoms with Crippen molar-refractivity contribution in [1.82, 2.24) is 5.16 Å². The molecule has 1 N–H and O–H groups in total. The minimum Gasteiger partial charge on any atom is -0.478 e. The number of aromatic carboxylic acids is 1. The van der Waals surface area contributed by atoms with E-state index in [1.807, 2.05) is 0 Å². The van der Waals surface area contributed by atoms with E-state index in [1.54, 1.807) is 0 Å². The third-order valence-corrected chi connectivity index (χ3v) is 2.81. The summed E-state index contributed by atoms with van der Waals surface area (Å²) in [6.45, 7) is 2.13. The predicted molar refractivity (Wildman–Crippen MR) is 49.1 cm³/mol. The van der Waals surface area contributed by atoms with Gasteiger partial charge >= 0.3 is 5.97 Å². The average Bonchev–Trinajstić information content (AvgIpc) is 2.87. The molecule has 0 spiro atoms. The van der Waals surface area contributed by atoms with Crippen LogP contribution in [0.4, 0.5) is 0 Å². The molecule has 1 aromatic rings. The van der Waals surface area contributed by atoms with Crippen LogP contribution >= 0.6 is 0 Å². The van der Waals surface area contributed by atoms with Crippen LogP contribution in [-0.4, -0.2) is 16.2 Å². The summed E-state index contributed by atoms with van der Waals surface area (Å²) in [5.41, 5.74) is 0.206. The Balaban J connectivity index is 2.07. The molecule has 1 heterocycles. The van der Waals surface area contributed by atoms with Crippen molar-refractivity contribution < 1.29 is 14.4 Å². The Hall–Kier alpha value is -1.32. The number of carboxylic acid groups (broad SMARTS) is 1. The van der Waals surface area contributed by atoms with Crippen LogP contribution in [-0.2, 0) is 6.42 Å². The Morgan fingerprint density at radius 3 is 3.07 bits per heavy atom. The Bertz CT molecular complexity index is 341. The van der Waals surface area contributed by atoms with Gasteiger partial charge < -0.3 is 9.63 Å². The van der Waals surface area contributed by atoms with Crippen LogP contribution in [0, 0.1) is 11.8 Å². The number of carbonyl (C=O) groups is 1. The van der Waals surface area contributed by atoms with Gasteiger partial charge in [0.1, 0.15) is 5.56 Å². The Morgan fingerprint density at radius 1 is 1.79 bits per heavy atom. The molecule has 4 nitrogen and oxygen atoms in total. The van der Waals surface area contributed by atoms with Crippen molar-refractivity contribution in [2.75, 3.05) is 0 Å². The standard InChI is InChI=1S/C10H13NO3/c1-6(7-2-3-7)4-9-8(10(12)13)5-11-14-9/h5-7H,2-4H2,1H3,(H,12,13). The number of hydrogen-bond donors (Lipinski definition) is 1. The second kappa shape index (κ2) is 3.44. The summed E-state index contributed by atoms with van der Waals surface area (Å²) in [6, 6.07) is 0. The van der Waals surface area contributed by atoms with Gasteiger partial charge in [0, 0.05) is 6.42 Å². The summed E-state index contributed by atoms with van der Waals surface area (Å²) in [7, 11) is 0. The number of nitrogens with zero attached hydrogens (tertiary/aromatic N) is 1. The van der Waals surface area contributed by atoms with E-state index >= 15 is 0 Å². The molecule has 4 heteroatoms. The van der Waals surface area contributed by atoms with Gasteiger partial charge in [-0.1, -0.05) is 12.1 Å². The zero-order valence-corrected chi connectivity index (χ0v) is 8.06. The molecule has 76 valence electrons. The summed E-state index contributed by atoms with van der Waals surface area (Å²) >= 11 is 0. The second-order valence-corrected chi connectivity index (χ2v) is 3.99. The third-order valence-electron chi connectivity index (χ3n) is 2.81. The van der Waals surface area contributed by atoms with Crippen molar-refractivity contribution in [1.29, 1.82) is 0 Å². The predicted octanol–water partition coefficient (Wildman–Crippen LogP) is 1.96. The van der Waals surface area contributed by atoms with Gasteiger partial charge in [-0.05, 0) is 24.7 Å². The van der Waals surface area contributed by atoms with Crippen molar-refractivity contribution in [3.63, 3.8) is 0 Å². The van der Waals surface area contributed by atoms with Crippen LogP contribution in [0.15, 0.2) is 10.7 Å². The molecule has 0 amide bonds. The molecule has 2 rings (SSSR count). The minimum atomic E-state index is -0.954. The van der Waals surface area contributed by atoms with Gasteiger partial charge in [-0.15, -0.1) is 0 Å². The van der Waals surface area contributed by atoms with E-state index in [-0.39, 0.29) is 5.56 Å². The summed E-state index contributed by atoms with van der Waals surface area (Å²) in [6.07, 6.45) is 4.49. The van der Waals surface area contributed by atoms with Gasteiger partial charge in [-0.25, -0.2) is 4.79 Å². The molecule has 0 saturated heterocycles. The lowest BCUT2D eigenvalue weighted by atomic mass is 9.99. The third kappa shape index (κ3) is 1.78. The first-order valence-electron chi connectivity index (χ1n) is 4.85. The maximum Gasteiger partial charge on any atom is 0.340 e. The van der Waals surface area contributed by atoms with E-state index in [1.165, 1.54) is 19.0 Å². The summed E-state index contributed by atoms with van der Waals surface area (Å²) < 4.78 is 4.94. The largest absolute Gasteiger partial charge is 0.478 e. The van der Waals surface area contributed by atoms with Gasteiger partial charge in [0.25, 0.3) is 0 Å². The fraction of sp³-hybridized carbons (Fsp3) is 0.600. The zero-order chi connectivity index (χ0) is 10.1. The molecule has 0 radical (unpaired) electrons. The van der Waals surface area contributed by atoms with Crippen LogP contribution in [0.1, 0.15) is 35.9 Å². The molecule has 1 saturated carbocycles. The molecular formula is C10H13NO3. The maximum absolute atomic E-state index is 10.7. The first-order chi connectivity index (χ1) is 6.68. The first-order valence-corrected chi connectivity index (χ1v) is 4.85. The number of rotatable bonds is 4. The maximum atomic E-state index is 10.7. The number of hydrogen-bond acceptors (Lipinski definition) is 3. The van der Waals surface area contributed by atoms with E-state index in [4.69, 9.17) is 9.63 Å². The molecule has 1 aromatic heterocycles. The minimum absolute atomic E-state index is 0.206. The normalized spacial score (nSPS) is 18.1. The van der Waals surface area contributed by atoms with Gasteiger partial charge in [-0.2, -0.15) is 0 Å². The van der Waals surface area contributed by atoms with Crippen LogP contribution in [0.25, 0.3) is 0 Å². The van der Waals surface area contributed by atoms with Crippen LogP contribution in [0.2, 0.25) is 0 Å². The van der Waals surface area contributed by atoms with Crippen LogP contribution in [0.5, 0.6) is 0 Å². The summed E-state index contributed by atoms with van der Waals surface area (Å²) in [4.78, 5) is 10.7. The quantitative estimate of drug-likeness (QED) is 0.797. The molecule has 0 aromatic carbocycles. The first kappa shape index (κ1) is 9.24. The number of aromatic nitrogens is 1. The highest BCUT2D eigenvalue weighted by molar-refractivity contribution is 5.88. The zero-order valence-electron chi connectivity index (χ0n) is 8.06. The second-order valence-electron chi connectivity index (χ2n) is 3.99. The molecule has 1 unspecified atom stereocenters. The van der Waals surface area contributed by atoms with Crippen molar-refractivity contribution >= 4 is 5.97 Å². The SMILES string of the molecule is CC(Cc1oncc1C(=O)O)C1CC1. The van der Waals surface area contributed by atoms with E-state index in [0.29, 0.717) is 18.1 Å². The van der Waals surface area contributed by atoms with E-state index in [2.05, 4.69) is 12.1 Å². The Morgan fingerprint density at radius 2 is 2.50 bits per heavy atom. The van der Waals surface area contributed by atoms with Crippen LogP contribution < -0.4 is 0 Å². The molecule has 1 atom stereocenters. The lowest BCUT2D eigenvalue weighted by Crippen LogP contribution is -2.05. The highest BCUT2D eigenvalue weighted by atomic mass is 16.5. The molecule has 1 aliphatic rings. The van der Waals surface area contributed by atoms with Crippen molar-refractivity contribution in [2.24, 2.45) is 11.8 Å². The van der Waals surface area contributed by atoms with Gasteiger partial charge in [0.15, 0.2) is 5.76 Å². The monoisotopic (exact) mass is 195 g/mol. The summed E-state index contributed by atoms with van der Waals surface area (Å²) in [5.74, 6) is 0.809. The molecule has 1 fully saturated rings. The Kier molecular flexibility index (Phi) is 2.27. The smallest absolute Gasteiger partial charge is 0.340 e. The molecule has 0 aliphatic heterocycles. The lowest BCUT2D eigenvalue weighted by Gasteiger charge is -2.06. The average molecular weight is 195 g/mol. The van der Waals surface area contributed by atoms with Crippen molar-refractivity contribution in [2.45, 2.75) is 26.2 Å². The lowest BCUT2D eigenvalue weighted by molar-refractivity contribution is 0.0694. The molecule has 14 heavy (non-hydrogen) atoms. The highest BCUT2D eigenvalue weighted by Crippen LogP contribution is 2.38.